The molecule has 1 aliphatic heterocycles. The number of halogens is 2. The predicted molar refractivity (Wildman–Crippen MR) is 110 cm³/mol. The van der Waals surface area contributed by atoms with E-state index in [0.29, 0.717) is 39.9 Å². The smallest absolute Gasteiger partial charge is 0.251 e. The van der Waals surface area contributed by atoms with E-state index in [4.69, 9.17) is 23.2 Å². The molecule has 1 saturated heterocycles. The third kappa shape index (κ3) is 4.64. The fraction of sp³-hybridized carbons (Fsp3) is 0.250. The quantitative estimate of drug-likeness (QED) is 0.771. The maximum absolute atomic E-state index is 12.4. The van der Waals surface area contributed by atoms with Gasteiger partial charge in [0.05, 0.1) is 10.7 Å². The van der Waals surface area contributed by atoms with Crippen LogP contribution in [0.5, 0.6) is 0 Å². The number of benzene rings is 2. The van der Waals surface area contributed by atoms with Crippen LogP contribution >= 0.6 is 23.2 Å². The number of hydrogen-bond acceptors (Lipinski definition) is 3. The van der Waals surface area contributed by atoms with Crippen molar-refractivity contribution in [3.05, 3.63) is 58.1 Å². The van der Waals surface area contributed by atoms with Gasteiger partial charge in [-0.3, -0.25) is 14.4 Å². The molecule has 1 aliphatic rings. The molecule has 3 amide bonds. The van der Waals surface area contributed by atoms with Crippen molar-refractivity contribution in [1.29, 1.82) is 0 Å². The Hall–Kier alpha value is -2.57. The first-order chi connectivity index (χ1) is 13.3. The molecular weight excluding hydrogens is 401 g/mol. The van der Waals surface area contributed by atoms with Crippen LogP contribution in [0, 0.1) is 0 Å². The average Bonchev–Trinajstić information content (AvgIpc) is 3.08. The number of nitrogens with one attached hydrogen (secondary N) is 2. The summed E-state index contributed by atoms with van der Waals surface area (Å²) in [6.07, 6.45) is 1.32. The first-order valence-corrected chi connectivity index (χ1v) is 9.58. The zero-order valence-electron chi connectivity index (χ0n) is 15.2. The fourth-order valence-electron chi connectivity index (χ4n) is 2.90. The third-order valence-electron chi connectivity index (χ3n) is 4.43. The van der Waals surface area contributed by atoms with Crippen LogP contribution in [0.2, 0.25) is 10.0 Å². The van der Waals surface area contributed by atoms with Gasteiger partial charge in [-0.25, -0.2) is 0 Å². The lowest BCUT2D eigenvalue weighted by Gasteiger charge is -2.19. The highest BCUT2D eigenvalue weighted by Crippen LogP contribution is 2.31. The van der Waals surface area contributed by atoms with E-state index < -0.39 is 6.04 Å². The van der Waals surface area contributed by atoms with Crippen LogP contribution in [0.4, 0.5) is 11.4 Å². The SMILES string of the molecule is C[C@H](NC(=O)c1ccc(Cl)cc1)C(=O)Nc1ccc(N2CCCC2=O)c(Cl)c1. The van der Waals surface area contributed by atoms with Gasteiger partial charge in [-0.15, -0.1) is 0 Å². The summed E-state index contributed by atoms with van der Waals surface area (Å²) in [7, 11) is 0. The summed E-state index contributed by atoms with van der Waals surface area (Å²) in [5, 5.41) is 6.25. The topological polar surface area (TPSA) is 78.5 Å². The van der Waals surface area contributed by atoms with E-state index >= 15 is 0 Å². The van der Waals surface area contributed by atoms with Gasteiger partial charge in [0, 0.05) is 29.2 Å². The molecule has 2 aromatic rings. The lowest BCUT2D eigenvalue weighted by molar-refractivity contribution is -0.118. The summed E-state index contributed by atoms with van der Waals surface area (Å²) in [5.41, 5.74) is 1.52. The Bertz CT molecular complexity index is 915. The van der Waals surface area contributed by atoms with E-state index in [1.807, 2.05) is 0 Å². The van der Waals surface area contributed by atoms with Gasteiger partial charge in [-0.1, -0.05) is 23.2 Å². The van der Waals surface area contributed by atoms with Crippen molar-refractivity contribution in [3.8, 4) is 0 Å². The van der Waals surface area contributed by atoms with E-state index in [1.165, 1.54) is 0 Å². The van der Waals surface area contributed by atoms with Crippen LogP contribution in [0.15, 0.2) is 42.5 Å². The number of carbonyl (C=O) groups is 3. The van der Waals surface area contributed by atoms with E-state index in [0.717, 1.165) is 6.42 Å². The van der Waals surface area contributed by atoms with Crippen molar-refractivity contribution >= 4 is 52.3 Å². The van der Waals surface area contributed by atoms with Gasteiger partial charge >= 0.3 is 0 Å². The fourth-order valence-corrected chi connectivity index (χ4v) is 3.31. The van der Waals surface area contributed by atoms with Gasteiger partial charge in [0.15, 0.2) is 0 Å². The van der Waals surface area contributed by atoms with E-state index in [-0.39, 0.29) is 17.7 Å². The van der Waals surface area contributed by atoms with Gasteiger partial charge in [0.25, 0.3) is 5.91 Å². The number of anilines is 2. The lowest BCUT2D eigenvalue weighted by Crippen LogP contribution is -2.41. The van der Waals surface area contributed by atoms with Crippen LogP contribution in [-0.2, 0) is 9.59 Å². The van der Waals surface area contributed by atoms with E-state index in [9.17, 15) is 14.4 Å². The molecule has 0 radical (unpaired) electrons. The van der Waals surface area contributed by atoms with Crippen molar-refractivity contribution in [2.75, 3.05) is 16.8 Å². The number of nitrogens with zero attached hydrogens (tertiary/aromatic N) is 1. The van der Waals surface area contributed by atoms with Crippen molar-refractivity contribution in [3.63, 3.8) is 0 Å². The van der Waals surface area contributed by atoms with Gasteiger partial charge < -0.3 is 15.5 Å². The maximum atomic E-state index is 12.4. The second-order valence-electron chi connectivity index (χ2n) is 6.51. The Labute approximate surface area is 172 Å². The zero-order chi connectivity index (χ0) is 20.3. The number of carbonyl (C=O) groups excluding carboxylic acids is 3. The van der Waals surface area contributed by atoms with Crippen molar-refractivity contribution in [2.45, 2.75) is 25.8 Å². The highest BCUT2D eigenvalue weighted by Gasteiger charge is 2.24. The summed E-state index contributed by atoms with van der Waals surface area (Å²) in [6.45, 7) is 2.22. The molecular formula is C20H19Cl2N3O3. The summed E-state index contributed by atoms with van der Waals surface area (Å²) in [6, 6.07) is 10.6. The number of hydrogen-bond donors (Lipinski definition) is 2. The van der Waals surface area contributed by atoms with Crippen LogP contribution in [0.3, 0.4) is 0 Å². The van der Waals surface area contributed by atoms with Crippen molar-refractivity contribution in [2.24, 2.45) is 0 Å². The summed E-state index contributed by atoms with van der Waals surface area (Å²) >= 11 is 12.1. The first-order valence-electron chi connectivity index (χ1n) is 8.82. The largest absolute Gasteiger partial charge is 0.341 e. The molecule has 146 valence electrons. The number of amides is 3. The average molecular weight is 420 g/mol. The third-order valence-corrected chi connectivity index (χ3v) is 4.98. The second-order valence-corrected chi connectivity index (χ2v) is 7.35. The summed E-state index contributed by atoms with van der Waals surface area (Å²) in [5.74, 6) is -0.721. The highest BCUT2D eigenvalue weighted by molar-refractivity contribution is 6.34. The normalized spacial score (nSPS) is 14.7. The van der Waals surface area contributed by atoms with Crippen LogP contribution in [0.1, 0.15) is 30.1 Å². The molecule has 28 heavy (non-hydrogen) atoms. The van der Waals surface area contributed by atoms with Gasteiger partial charge in [-0.05, 0) is 55.8 Å². The molecule has 1 fully saturated rings. The Morgan fingerprint density at radius 1 is 1.11 bits per heavy atom. The molecule has 6 nitrogen and oxygen atoms in total. The number of rotatable bonds is 5. The minimum atomic E-state index is -0.762. The van der Waals surface area contributed by atoms with E-state index in [2.05, 4.69) is 10.6 Å². The molecule has 0 aromatic heterocycles. The summed E-state index contributed by atoms with van der Waals surface area (Å²) in [4.78, 5) is 38.1. The molecule has 2 aromatic carbocycles. The van der Waals surface area contributed by atoms with Crippen molar-refractivity contribution < 1.29 is 14.4 Å². The molecule has 1 heterocycles. The minimum Gasteiger partial charge on any atom is -0.341 e. The Kier molecular flexibility index (Phi) is 6.21. The van der Waals surface area contributed by atoms with Crippen LogP contribution < -0.4 is 15.5 Å². The predicted octanol–water partition coefficient (Wildman–Crippen LogP) is 3.88. The van der Waals surface area contributed by atoms with Gasteiger partial charge in [0.2, 0.25) is 11.8 Å². The Balaban J connectivity index is 1.62. The summed E-state index contributed by atoms with van der Waals surface area (Å²) < 4.78 is 0. The van der Waals surface area contributed by atoms with Crippen molar-refractivity contribution in [1.82, 2.24) is 5.32 Å². The molecule has 2 N–H and O–H groups in total. The van der Waals surface area contributed by atoms with Gasteiger partial charge in [0.1, 0.15) is 6.04 Å². The lowest BCUT2D eigenvalue weighted by atomic mass is 10.2. The molecule has 0 aliphatic carbocycles. The molecule has 0 unspecified atom stereocenters. The zero-order valence-corrected chi connectivity index (χ0v) is 16.7. The molecule has 1 atom stereocenters. The molecule has 0 saturated carbocycles. The van der Waals surface area contributed by atoms with Crippen LogP contribution in [-0.4, -0.2) is 30.3 Å². The highest BCUT2D eigenvalue weighted by atomic mass is 35.5. The molecule has 8 heteroatoms. The standard InChI is InChI=1S/C20H19Cl2N3O3/c1-12(23-20(28)13-4-6-14(21)7-5-13)19(27)24-15-8-9-17(16(22)11-15)25-10-2-3-18(25)26/h4-9,11-12H,2-3,10H2,1H3,(H,23,28)(H,24,27)/t12-/m0/s1. The Morgan fingerprint density at radius 3 is 2.43 bits per heavy atom. The second kappa shape index (κ2) is 8.63. The monoisotopic (exact) mass is 419 g/mol. The minimum absolute atomic E-state index is 0.0391. The Morgan fingerprint density at radius 2 is 1.82 bits per heavy atom. The maximum Gasteiger partial charge on any atom is 0.251 e. The van der Waals surface area contributed by atoms with Crippen LogP contribution in [0.25, 0.3) is 0 Å². The molecule has 0 spiro atoms. The molecule has 3 rings (SSSR count). The van der Waals surface area contributed by atoms with Gasteiger partial charge in [-0.2, -0.15) is 0 Å². The van der Waals surface area contributed by atoms with E-state index in [1.54, 1.807) is 54.3 Å². The first kappa shape index (κ1) is 20.2. The molecule has 0 bridgehead atoms.